The summed E-state index contributed by atoms with van der Waals surface area (Å²) in [4.78, 5) is 37.5. The maximum absolute atomic E-state index is 12.7. The number of benzene rings is 4. The third-order valence-electron chi connectivity index (χ3n) is 7.27. The normalized spacial score (nSPS) is 14.4. The van der Waals surface area contributed by atoms with E-state index in [9.17, 15) is 14.4 Å². The fourth-order valence-electron chi connectivity index (χ4n) is 5.08. The molecule has 12 heteroatoms. The zero-order valence-electron chi connectivity index (χ0n) is 26.0. The number of ether oxygens (including phenoxy) is 4. The first-order valence-corrected chi connectivity index (χ1v) is 15.5. The monoisotopic (exact) mass is 700 g/mol. The number of fused-ring (bicyclic) bond motifs is 1. The second kappa shape index (κ2) is 15.3. The van der Waals surface area contributed by atoms with Crippen LogP contribution in [-0.2, 0) is 20.9 Å². The molecule has 1 atom stereocenters. The van der Waals surface area contributed by atoms with E-state index in [0.29, 0.717) is 34.9 Å². The molecular formula is C35H33BrN4O7. The predicted molar refractivity (Wildman–Crippen MR) is 180 cm³/mol. The van der Waals surface area contributed by atoms with Crippen LogP contribution in [0.15, 0.2) is 99.7 Å². The van der Waals surface area contributed by atoms with E-state index in [1.807, 2.05) is 42.5 Å². The molecule has 0 radical (unpaired) electrons. The maximum atomic E-state index is 12.7. The number of rotatable bonds is 12. The van der Waals surface area contributed by atoms with Crippen LogP contribution >= 0.6 is 15.9 Å². The minimum absolute atomic E-state index is 0.183. The van der Waals surface area contributed by atoms with Crippen LogP contribution in [0.2, 0.25) is 0 Å². The summed E-state index contributed by atoms with van der Waals surface area (Å²) >= 11 is 3.48. The summed E-state index contributed by atoms with van der Waals surface area (Å²) < 4.78 is 23.4. The second-order valence-corrected chi connectivity index (χ2v) is 11.3. The van der Waals surface area contributed by atoms with Crippen molar-refractivity contribution in [2.24, 2.45) is 5.10 Å². The van der Waals surface area contributed by atoms with Gasteiger partial charge >= 0.3 is 12.0 Å². The van der Waals surface area contributed by atoms with Crippen LogP contribution in [0.4, 0.5) is 4.79 Å². The number of carbonyl (C=O) groups is 3. The SMILES string of the molecule is CCOC(=O)C1=C(C)NC(=O)N[C@@H]1c1ccc(OCC(=O)N/N=C\c2cc(Br)ccc2OCc2cccc3ccccc23)c(OC)c1. The summed E-state index contributed by atoms with van der Waals surface area (Å²) in [7, 11) is 1.45. The van der Waals surface area contributed by atoms with Crippen LogP contribution in [-0.4, -0.2) is 44.4 Å². The van der Waals surface area contributed by atoms with Crippen molar-refractivity contribution < 1.29 is 33.3 Å². The van der Waals surface area contributed by atoms with Crippen molar-refractivity contribution in [1.29, 1.82) is 0 Å². The Morgan fingerprint density at radius 2 is 1.77 bits per heavy atom. The van der Waals surface area contributed by atoms with Crippen LogP contribution < -0.4 is 30.3 Å². The van der Waals surface area contributed by atoms with Gasteiger partial charge in [-0.3, -0.25) is 4.79 Å². The summed E-state index contributed by atoms with van der Waals surface area (Å²) in [6.07, 6.45) is 1.50. The molecule has 4 aromatic rings. The molecule has 3 N–H and O–H groups in total. The average Bonchev–Trinajstić information content (AvgIpc) is 3.06. The smallest absolute Gasteiger partial charge is 0.338 e. The summed E-state index contributed by atoms with van der Waals surface area (Å²) in [5, 5.41) is 11.7. The number of hydrogen-bond acceptors (Lipinski definition) is 8. The maximum Gasteiger partial charge on any atom is 0.338 e. The number of methoxy groups -OCH3 is 1. The lowest BCUT2D eigenvalue weighted by molar-refractivity contribution is -0.139. The molecule has 0 bridgehead atoms. The Morgan fingerprint density at radius 3 is 2.57 bits per heavy atom. The molecular weight excluding hydrogens is 668 g/mol. The standard InChI is InChI=1S/C35H33BrN4O7/c1-4-45-34(42)32-21(2)38-35(43)39-33(32)23-12-14-29(30(17-23)44-3)47-20-31(41)40-37-18-25-16-26(36)13-15-28(25)46-19-24-10-7-9-22-8-5-6-11-27(22)24/h5-18,33H,4,19-20H2,1-3H3,(H,40,41)(H2,38,39,43)/b37-18-/t33-/m1/s1. The van der Waals surface area contributed by atoms with E-state index in [-0.39, 0.29) is 24.5 Å². The molecule has 0 saturated carbocycles. The van der Waals surface area contributed by atoms with Crippen molar-refractivity contribution in [3.05, 3.63) is 111 Å². The molecule has 242 valence electrons. The van der Waals surface area contributed by atoms with E-state index in [1.165, 1.54) is 13.3 Å². The number of hydrazone groups is 1. The Labute approximate surface area is 280 Å². The number of carbonyl (C=O) groups excluding carboxylic acids is 3. The first-order valence-electron chi connectivity index (χ1n) is 14.7. The van der Waals surface area contributed by atoms with E-state index in [2.05, 4.69) is 55.3 Å². The van der Waals surface area contributed by atoms with Crippen molar-refractivity contribution in [3.63, 3.8) is 0 Å². The lowest BCUT2D eigenvalue weighted by Crippen LogP contribution is -2.45. The number of esters is 1. The Kier molecular flexibility index (Phi) is 10.7. The van der Waals surface area contributed by atoms with Gasteiger partial charge in [0.1, 0.15) is 12.4 Å². The first-order chi connectivity index (χ1) is 22.8. The van der Waals surface area contributed by atoms with Crippen LogP contribution in [0.1, 0.15) is 36.6 Å². The third kappa shape index (κ3) is 8.08. The van der Waals surface area contributed by atoms with Gasteiger partial charge in [-0.15, -0.1) is 0 Å². The largest absolute Gasteiger partial charge is 0.493 e. The molecule has 0 fully saturated rings. The molecule has 1 aliphatic heterocycles. The van der Waals surface area contributed by atoms with Gasteiger partial charge in [0.2, 0.25) is 0 Å². The Balaban J connectivity index is 1.22. The van der Waals surface area contributed by atoms with Crippen LogP contribution in [0, 0.1) is 0 Å². The summed E-state index contributed by atoms with van der Waals surface area (Å²) in [5.74, 6) is 0.126. The van der Waals surface area contributed by atoms with Gasteiger partial charge in [-0.2, -0.15) is 5.10 Å². The fourth-order valence-corrected chi connectivity index (χ4v) is 5.46. The molecule has 47 heavy (non-hydrogen) atoms. The van der Waals surface area contributed by atoms with E-state index in [0.717, 1.165) is 20.8 Å². The highest BCUT2D eigenvalue weighted by molar-refractivity contribution is 9.10. The number of urea groups is 1. The van der Waals surface area contributed by atoms with Gasteiger partial charge < -0.3 is 29.6 Å². The third-order valence-corrected chi connectivity index (χ3v) is 7.77. The number of halogens is 1. The molecule has 4 aromatic carbocycles. The molecule has 0 saturated heterocycles. The molecule has 1 heterocycles. The highest BCUT2D eigenvalue weighted by Crippen LogP contribution is 2.34. The van der Waals surface area contributed by atoms with Gasteiger partial charge in [-0.05, 0) is 66.1 Å². The predicted octanol–water partition coefficient (Wildman–Crippen LogP) is 5.91. The zero-order chi connectivity index (χ0) is 33.3. The number of nitrogens with one attached hydrogen (secondary N) is 3. The van der Waals surface area contributed by atoms with E-state index < -0.39 is 23.9 Å². The van der Waals surface area contributed by atoms with Crippen molar-refractivity contribution >= 4 is 50.8 Å². The van der Waals surface area contributed by atoms with Crippen LogP contribution in [0.3, 0.4) is 0 Å². The van der Waals surface area contributed by atoms with Crippen molar-refractivity contribution in [2.45, 2.75) is 26.5 Å². The van der Waals surface area contributed by atoms with Crippen molar-refractivity contribution in [3.8, 4) is 17.2 Å². The number of allylic oxidation sites excluding steroid dienone is 1. The van der Waals surface area contributed by atoms with Crippen molar-refractivity contribution in [1.82, 2.24) is 16.1 Å². The lowest BCUT2D eigenvalue weighted by Gasteiger charge is -2.28. The quantitative estimate of drug-likeness (QED) is 0.0950. The minimum Gasteiger partial charge on any atom is -0.493 e. The van der Waals surface area contributed by atoms with Gasteiger partial charge in [0, 0.05) is 15.7 Å². The number of hydrogen-bond donors (Lipinski definition) is 3. The molecule has 11 nitrogen and oxygen atoms in total. The van der Waals surface area contributed by atoms with Crippen molar-refractivity contribution in [2.75, 3.05) is 20.3 Å². The zero-order valence-corrected chi connectivity index (χ0v) is 27.6. The molecule has 0 aromatic heterocycles. The highest BCUT2D eigenvalue weighted by atomic mass is 79.9. The topological polar surface area (TPSA) is 137 Å². The van der Waals surface area contributed by atoms with Gasteiger partial charge in [-0.1, -0.05) is 64.5 Å². The molecule has 1 aliphatic rings. The van der Waals surface area contributed by atoms with Gasteiger partial charge in [-0.25, -0.2) is 15.0 Å². The Bertz CT molecular complexity index is 1870. The van der Waals surface area contributed by atoms with Gasteiger partial charge in [0.05, 0.1) is 31.5 Å². The Morgan fingerprint density at radius 1 is 0.979 bits per heavy atom. The highest BCUT2D eigenvalue weighted by Gasteiger charge is 2.32. The summed E-state index contributed by atoms with van der Waals surface area (Å²) in [6, 6.07) is 23.4. The Hall–Kier alpha value is -5.36. The first kappa shape index (κ1) is 33.0. The second-order valence-electron chi connectivity index (χ2n) is 10.4. The summed E-state index contributed by atoms with van der Waals surface area (Å²) in [5.41, 5.74) is 5.40. The lowest BCUT2D eigenvalue weighted by atomic mass is 9.95. The average molecular weight is 702 g/mol. The van der Waals surface area contributed by atoms with Gasteiger partial charge in [0.15, 0.2) is 18.1 Å². The summed E-state index contributed by atoms with van der Waals surface area (Å²) in [6.45, 7) is 3.52. The van der Waals surface area contributed by atoms with Gasteiger partial charge in [0.25, 0.3) is 5.91 Å². The molecule has 5 rings (SSSR count). The van der Waals surface area contributed by atoms with E-state index in [1.54, 1.807) is 32.0 Å². The van der Waals surface area contributed by atoms with Crippen LogP contribution in [0.25, 0.3) is 10.8 Å². The fraction of sp³-hybridized carbons (Fsp3) is 0.200. The van der Waals surface area contributed by atoms with Crippen LogP contribution in [0.5, 0.6) is 17.2 Å². The minimum atomic E-state index is -0.776. The molecule has 0 unspecified atom stereocenters. The molecule has 0 spiro atoms. The number of amides is 3. The molecule has 0 aliphatic carbocycles. The number of nitrogens with zero attached hydrogens (tertiary/aromatic N) is 1. The molecule has 3 amide bonds. The van der Waals surface area contributed by atoms with E-state index in [4.69, 9.17) is 18.9 Å². The van der Waals surface area contributed by atoms with E-state index >= 15 is 0 Å².